The maximum absolute atomic E-state index is 13.0. The van der Waals surface area contributed by atoms with Gasteiger partial charge in [0.25, 0.3) is 5.91 Å². The Kier molecular flexibility index (Phi) is 5.59. The lowest BCUT2D eigenvalue weighted by Crippen LogP contribution is -2.37. The van der Waals surface area contributed by atoms with Gasteiger partial charge in [-0.15, -0.1) is 0 Å². The number of benzene rings is 2. The molecule has 6 heteroatoms. The van der Waals surface area contributed by atoms with Crippen LogP contribution in [0.4, 0.5) is 5.69 Å². The van der Waals surface area contributed by atoms with Gasteiger partial charge in [-0.3, -0.25) is 9.69 Å². The first-order chi connectivity index (χ1) is 12.6. The Morgan fingerprint density at radius 2 is 2.15 bits per heavy atom. The third kappa shape index (κ3) is 3.73. The van der Waals surface area contributed by atoms with Crippen molar-refractivity contribution >= 4 is 28.5 Å². The summed E-state index contributed by atoms with van der Waals surface area (Å²) in [6, 6.07) is 16.4. The van der Waals surface area contributed by atoms with Crippen molar-refractivity contribution in [2.45, 2.75) is 19.9 Å². The molecule has 0 bridgehead atoms. The van der Waals surface area contributed by atoms with Crippen LogP contribution in [0.15, 0.2) is 53.5 Å². The number of nitrogens with zero attached hydrogens (tertiary/aromatic N) is 3. The van der Waals surface area contributed by atoms with Crippen LogP contribution in [0.2, 0.25) is 0 Å². The van der Waals surface area contributed by atoms with Gasteiger partial charge >= 0.3 is 0 Å². The summed E-state index contributed by atoms with van der Waals surface area (Å²) in [6.45, 7) is 4.47. The van der Waals surface area contributed by atoms with Crippen LogP contribution in [0, 0.1) is 11.3 Å². The highest BCUT2D eigenvalue weighted by Crippen LogP contribution is 2.33. The normalized spacial score (nSPS) is 18.0. The Bertz CT molecular complexity index is 889. The average Bonchev–Trinajstić information content (AvgIpc) is 3.03. The number of hydrogen-bond acceptors (Lipinski definition) is 5. The number of ether oxygens (including phenoxy) is 1. The van der Waals surface area contributed by atoms with E-state index >= 15 is 0 Å². The van der Waals surface area contributed by atoms with Crippen LogP contribution in [0.3, 0.4) is 0 Å². The minimum absolute atomic E-state index is 0.0243. The predicted molar refractivity (Wildman–Crippen MR) is 104 cm³/mol. The van der Waals surface area contributed by atoms with E-state index in [-0.39, 0.29) is 11.9 Å². The van der Waals surface area contributed by atoms with Crippen molar-refractivity contribution in [1.29, 1.82) is 5.26 Å². The summed E-state index contributed by atoms with van der Waals surface area (Å²) in [5.41, 5.74) is 1.66. The third-order valence-corrected chi connectivity index (χ3v) is 5.13. The highest BCUT2D eigenvalue weighted by Gasteiger charge is 2.33. The molecule has 0 spiro atoms. The third-order valence-electron chi connectivity index (χ3n) is 3.94. The average molecular weight is 365 g/mol. The second-order valence-electron chi connectivity index (χ2n) is 5.82. The van der Waals surface area contributed by atoms with Gasteiger partial charge in [0.1, 0.15) is 11.4 Å². The first kappa shape index (κ1) is 18.0. The zero-order valence-electron chi connectivity index (χ0n) is 14.7. The van der Waals surface area contributed by atoms with Gasteiger partial charge in [-0.25, -0.2) is 4.99 Å². The molecule has 2 aromatic rings. The molecule has 1 atom stereocenters. The zero-order chi connectivity index (χ0) is 18.5. The number of amidine groups is 1. The van der Waals surface area contributed by atoms with Crippen LogP contribution in [-0.4, -0.2) is 34.4 Å². The van der Waals surface area contributed by atoms with E-state index in [2.05, 4.69) is 6.07 Å². The number of carbonyl (C=O) groups is 1. The Morgan fingerprint density at radius 3 is 2.92 bits per heavy atom. The molecular formula is C20H19N3O2S. The Morgan fingerprint density at radius 1 is 1.35 bits per heavy atom. The van der Waals surface area contributed by atoms with Crippen molar-refractivity contribution in [1.82, 2.24) is 4.90 Å². The fourth-order valence-corrected chi connectivity index (χ4v) is 3.80. The summed E-state index contributed by atoms with van der Waals surface area (Å²) in [4.78, 5) is 19.4. The van der Waals surface area contributed by atoms with E-state index < -0.39 is 0 Å². The highest BCUT2D eigenvalue weighted by atomic mass is 32.2. The minimum Gasteiger partial charge on any atom is -0.492 e. The van der Waals surface area contributed by atoms with Gasteiger partial charge in [0.2, 0.25) is 0 Å². The molecule has 0 aliphatic carbocycles. The summed E-state index contributed by atoms with van der Waals surface area (Å²) in [5.74, 6) is 1.33. The summed E-state index contributed by atoms with van der Waals surface area (Å²) in [5, 5.41) is 9.72. The quantitative estimate of drug-likeness (QED) is 0.813. The van der Waals surface area contributed by atoms with Crippen LogP contribution in [-0.2, 0) is 0 Å². The first-order valence-electron chi connectivity index (χ1n) is 8.41. The van der Waals surface area contributed by atoms with E-state index in [0.29, 0.717) is 34.3 Å². The molecule has 3 rings (SSSR count). The first-order valence-corrected chi connectivity index (χ1v) is 9.39. The molecule has 1 saturated heterocycles. The van der Waals surface area contributed by atoms with Crippen molar-refractivity contribution in [2.75, 3.05) is 12.4 Å². The van der Waals surface area contributed by atoms with E-state index in [1.165, 1.54) is 0 Å². The molecule has 1 aliphatic rings. The number of hydrogen-bond donors (Lipinski definition) is 0. The van der Waals surface area contributed by atoms with Crippen molar-refractivity contribution in [3.63, 3.8) is 0 Å². The second-order valence-corrected chi connectivity index (χ2v) is 6.81. The number of nitriles is 1. The van der Waals surface area contributed by atoms with Crippen molar-refractivity contribution in [2.24, 2.45) is 4.99 Å². The number of rotatable bonds is 4. The second kappa shape index (κ2) is 8.07. The molecule has 0 N–H and O–H groups in total. The number of amides is 1. The van der Waals surface area contributed by atoms with Crippen molar-refractivity contribution in [3.05, 3.63) is 59.7 Å². The Hall–Kier alpha value is -2.78. The van der Waals surface area contributed by atoms with Gasteiger partial charge in [-0.2, -0.15) is 5.26 Å². The predicted octanol–water partition coefficient (Wildman–Crippen LogP) is 4.22. The fraction of sp³-hybridized carbons (Fsp3) is 0.250. The van der Waals surface area contributed by atoms with Crippen molar-refractivity contribution in [3.8, 4) is 11.8 Å². The van der Waals surface area contributed by atoms with Crippen molar-refractivity contribution < 1.29 is 9.53 Å². The molecular weight excluding hydrogens is 346 g/mol. The molecule has 1 amide bonds. The molecule has 1 aliphatic heterocycles. The van der Waals surface area contributed by atoms with E-state index in [4.69, 9.17) is 15.0 Å². The lowest BCUT2D eigenvalue weighted by atomic mass is 10.1. The van der Waals surface area contributed by atoms with Crippen LogP contribution >= 0.6 is 11.8 Å². The molecule has 0 unspecified atom stereocenters. The Balaban J connectivity index is 1.95. The zero-order valence-corrected chi connectivity index (χ0v) is 15.5. The highest BCUT2D eigenvalue weighted by molar-refractivity contribution is 8.14. The molecule has 0 saturated carbocycles. The van der Waals surface area contributed by atoms with Gasteiger partial charge < -0.3 is 4.74 Å². The van der Waals surface area contributed by atoms with Gasteiger partial charge in [-0.05, 0) is 44.2 Å². The number of thioether (sulfide) groups is 1. The van der Waals surface area contributed by atoms with Gasteiger partial charge in [-0.1, -0.05) is 30.0 Å². The Labute approximate surface area is 157 Å². The SMILES string of the molecule is CCOc1ccccc1N=C1SC[C@H](C)N1C(=O)c1cccc(C#N)c1. The van der Waals surface area contributed by atoms with Crippen LogP contribution in [0.25, 0.3) is 0 Å². The summed E-state index contributed by atoms with van der Waals surface area (Å²) in [6.07, 6.45) is 0. The van der Waals surface area contributed by atoms with Crippen LogP contribution in [0.5, 0.6) is 5.75 Å². The number of aliphatic imine (C=N–C) groups is 1. The molecule has 0 aromatic heterocycles. The molecule has 2 aromatic carbocycles. The molecule has 132 valence electrons. The standard InChI is InChI=1S/C20H19N3O2S/c1-3-25-18-10-5-4-9-17(18)22-20-23(14(2)13-26-20)19(24)16-8-6-7-15(11-16)12-21/h4-11,14H,3,13H2,1-2H3/t14-/m0/s1. The summed E-state index contributed by atoms with van der Waals surface area (Å²) < 4.78 is 5.63. The maximum Gasteiger partial charge on any atom is 0.260 e. The smallest absolute Gasteiger partial charge is 0.260 e. The molecule has 1 heterocycles. The van der Waals surface area contributed by atoms with Gasteiger partial charge in [0.15, 0.2) is 5.17 Å². The van der Waals surface area contributed by atoms with E-state index in [1.807, 2.05) is 38.1 Å². The molecule has 1 fully saturated rings. The summed E-state index contributed by atoms with van der Waals surface area (Å²) in [7, 11) is 0. The fourth-order valence-electron chi connectivity index (χ4n) is 2.69. The lowest BCUT2D eigenvalue weighted by Gasteiger charge is -2.21. The summed E-state index contributed by atoms with van der Waals surface area (Å²) >= 11 is 1.55. The molecule has 0 radical (unpaired) electrons. The van der Waals surface area contributed by atoms with E-state index in [1.54, 1.807) is 40.9 Å². The van der Waals surface area contributed by atoms with Gasteiger partial charge in [0.05, 0.1) is 18.2 Å². The number of carbonyl (C=O) groups excluding carboxylic acids is 1. The molecule has 5 nitrogen and oxygen atoms in total. The maximum atomic E-state index is 13.0. The lowest BCUT2D eigenvalue weighted by molar-refractivity contribution is 0.0828. The largest absolute Gasteiger partial charge is 0.492 e. The minimum atomic E-state index is -0.146. The van der Waals surface area contributed by atoms with Crippen LogP contribution in [0.1, 0.15) is 29.8 Å². The number of para-hydroxylation sites is 2. The molecule has 26 heavy (non-hydrogen) atoms. The van der Waals surface area contributed by atoms with Gasteiger partial charge in [0, 0.05) is 17.4 Å². The van der Waals surface area contributed by atoms with Crippen LogP contribution < -0.4 is 4.74 Å². The van der Waals surface area contributed by atoms with E-state index in [9.17, 15) is 4.79 Å². The monoisotopic (exact) mass is 365 g/mol. The van der Waals surface area contributed by atoms with E-state index in [0.717, 1.165) is 5.75 Å². The topological polar surface area (TPSA) is 65.7 Å².